The summed E-state index contributed by atoms with van der Waals surface area (Å²) in [6.45, 7) is 7.67. The van der Waals surface area contributed by atoms with Crippen LogP contribution in [0.4, 0.5) is 0 Å². The first-order chi connectivity index (χ1) is 9.17. The maximum atomic E-state index is 6.12. The van der Waals surface area contributed by atoms with E-state index < -0.39 is 0 Å². The molecule has 0 radical (unpaired) electrons. The molecule has 0 saturated heterocycles. The van der Waals surface area contributed by atoms with E-state index in [1.165, 1.54) is 0 Å². The van der Waals surface area contributed by atoms with E-state index in [0.29, 0.717) is 6.61 Å². The predicted octanol–water partition coefficient (Wildman–Crippen LogP) is 3.68. The molecule has 0 fully saturated rings. The third-order valence-electron chi connectivity index (χ3n) is 3.04. The lowest BCUT2D eigenvalue weighted by Crippen LogP contribution is -2.20. The lowest BCUT2D eigenvalue weighted by Gasteiger charge is -2.17. The summed E-state index contributed by atoms with van der Waals surface area (Å²) in [6, 6.07) is 7.91. The van der Waals surface area contributed by atoms with Gasteiger partial charge in [-0.3, -0.25) is 0 Å². The number of benzene rings is 1. The van der Waals surface area contributed by atoms with Gasteiger partial charge in [-0.1, -0.05) is 32.4 Å². The fourth-order valence-corrected chi connectivity index (χ4v) is 1.89. The minimum atomic E-state index is -0.0699. The quantitative estimate of drug-likeness (QED) is 0.740. The Morgan fingerprint density at radius 3 is 2.37 bits per heavy atom. The van der Waals surface area contributed by atoms with Gasteiger partial charge in [-0.25, -0.2) is 0 Å². The van der Waals surface area contributed by atoms with Gasteiger partial charge in [-0.15, -0.1) is 0 Å². The fraction of sp³-hybridized carbons (Fsp3) is 0.625. The molecule has 19 heavy (non-hydrogen) atoms. The molecule has 0 bridgehead atoms. The van der Waals surface area contributed by atoms with Gasteiger partial charge in [-0.05, 0) is 37.5 Å². The summed E-state index contributed by atoms with van der Waals surface area (Å²) in [5.41, 5.74) is 7.21. The van der Waals surface area contributed by atoms with E-state index in [9.17, 15) is 0 Å². The molecule has 1 rings (SSSR count). The van der Waals surface area contributed by atoms with Gasteiger partial charge in [0.05, 0.1) is 25.4 Å². The Bertz CT molecular complexity index is 337. The third kappa shape index (κ3) is 6.08. The topological polar surface area (TPSA) is 44.5 Å². The monoisotopic (exact) mass is 265 g/mol. The van der Waals surface area contributed by atoms with Gasteiger partial charge < -0.3 is 15.2 Å². The summed E-state index contributed by atoms with van der Waals surface area (Å²) >= 11 is 0. The molecule has 3 heteroatoms. The average Bonchev–Trinajstić information content (AvgIpc) is 2.43. The molecule has 0 heterocycles. The molecule has 2 N–H and O–H groups in total. The van der Waals surface area contributed by atoms with Crippen molar-refractivity contribution in [1.82, 2.24) is 0 Å². The number of ether oxygens (including phenoxy) is 2. The fourth-order valence-electron chi connectivity index (χ4n) is 1.89. The molecule has 1 aromatic carbocycles. The van der Waals surface area contributed by atoms with Crippen molar-refractivity contribution in [2.75, 3.05) is 13.2 Å². The van der Waals surface area contributed by atoms with E-state index in [-0.39, 0.29) is 12.1 Å². The summed E-state index contributed by atoms with van der Waals surface area (Å²) in [7, 11) is 0. The van der Waals surface area contributed by atoms with Crippen LogP contribution in [-0.4, -0.2) is 19.3 Å². The van der Waals surface area contributed by atoms with Gasteiger partial charge in [0.2, 0.25) is 0 Å². The summed E-state index contributed by atoms with van der Waals surface area (Å²) in [5, 5.41) is 0. The van der Waals surface area contributed by atoms with Crippen LogP contribution in [0.1, 0.15) is 51.6 Å². The SMILES string of the molecule is CCCOc1ccc(C(N)COC(C)CCC)cc1. The largest absolute Gasteiger partial charge is 0.494 e. The van der Waals surface area contributed by atoms with Crippen molar-refractivity contribution in [2.24, 2.45) is 5.73 Å². The summed E-state index contributed by atoms with van der Waals surface area (Å²) < 4.78 is 11.3. The van der Waals surface area contributed by atoms with Crippen LogP contribution < -0.4 is 10.5 Å². The second-order valence-electron chi connectivity index (χ2n) is 4.96. The molecule has 108 valence electrons. The number of nitrogens with two attached hydrogens (primary N) is 1. The standard InChI is InChI=1S/C16H27NO2/c1-4-6-13(3)19-12-16(17)14-7-9-15(10-8-14)18-11-5-2/h7-10,13,16H,4-6,11-12,17H2,1-3H3. The average molecular weight is 265 g/mol. The number of hydrogen-bond donors (Lipinski definition) is 1. The first kappa shape index (κ1) is 16.0. The molecule has 0 aliphatic heterocycles. The minimum absolute atomic E-state index is 0.0699. The lowest BCUT2D eigenvalue weighted by atomic mass is 10.1. The van der Waals surface area contributed by atoms with Crippen LogP contribution >= 0.6 is 0 Å². The molecule has 0 aromatic heterocycles. The Kier molecular flexibility index (Phi) is 7.53. The van der Waals surface area contributed by atoms with Crippen LogP contribution in [0.3, 0.4) is 0 Å². The van der Waals surface area contributed by atoms with Crippen molar-refractivity contribution < 1.29 is 9.47 Å². The zero-order valence-corrected chi connectivity index (χ0v) is 12.4. The van der Waals surface area contributed by atoms with Crippen LogP contribution in [0, 0.1) is 0 Å². The maximum Gasteiger partial charge on any atom is 0.119 e. The smallest absolute Gasteiger partial charge is 0.119 e. The molecule has 1 aromatic rings. The molecule has 0 spiro atoms. The van der Waals surface area contributed by atoms with Gasteiger partial charge in [0.25, 0.3) is 0 Å². The zero-order chi connectivity index (χ0) is 14.1. The van der Waals surface area contributed by atoms with E-state index in [2.05, 4.69) is 20.8 Å². The Hall–Kier alpha value is -1.06. The Balaban J connectivity index is 2.41. The van der Waals surface area contributed by atoms with Crippen molar-refractivity contribution in [3.05, 3.63) is 29.8 Å². The number of rotatable bonds is 9. The van der Waals surface area contributed by atoms with Crippen molar-refractivity contribution in [1.29, 1.82) is 0 Å². The van der Waals surface area contributed by atoms with Crippen molar-refractivity contribution in [3.63, 3.8) is 0 Å². The van der Waals surface area contributed by atoms with Crippen LogP contribution in [0.25, 0.3) is 0 Å². The maximum absolute atomic E-state index is 6.12. The summed E-state index contributed by atoms with van der Waals surface area (Å²) in [4.78, 5) is 0. The highest BCUT2D eigenvalue weighted by molar-refractivity contribution is 5.29. The van der Waals surface area contributed by atoms with Gasteiger partial charge in [0.1, 0.15) is 5.75 Å². The van der Waals surface area contributed by atoms with E-state index in [0.717, 1.165) is 37.2 Å². The highest BCUT2D eigenvalue weighted by Gasteiger charge is 2.09. The van der Waals surface area contributed by atoms with Crippen LogP contribution in [0.15, 0.2) is 24.3 Å². The summed E-state index contributed by atoms with van der Waals surface area (Å²) in [5.74, 6) is 0.901. The molecule has 0 saturated carbocycles. The van der Waals surface area contributed by atoms with Crippen molar-refractivity contribution in [2.45, 2.75) is 52.2 Å². The van der Waals surface area contributed by atoms with Crippen LogP contribution in [0.5, 0.6) is 5.75 Å². The molecular weight excluding hydrogens is 238 g/mol. The number of hydrogen-bond acceptors (Lipinski definition) is 3. The molecule has 3 nitrogen and oxygen atoms in total. The highest BCUT2D eigenvalue weighted by Crippen LogP contribution is 2.17. The van der Waals surface area contributed by atoms with Crippen molar-refractivity contribution >= 4 is 0 Å². The van der Waals surface area contributed by atoms with E-state index in [4.69, 9.17) is 15.2 Å². The van der Waals surface area contributed by atoms with E-state index >= 15 is 0 Å². The second-order valence-corrected chi connectivity index (χ2v) is 4.96. The lowest BCUT2D eigenvalue weighted by molar-refractivity contribution is 0.0503. The predicted molar refractivity (Wildman–Crippen MR) is 79.5 cm³/mol. The van der Waals surface area contributed by atoms with Gasteiger partial charge >= 0.3 is 0 Å². The molecule has 0 aliphatic carbocycles. The van der Waals surface area contributed by atoms with Crippen LogP contribution in [0.2, 0.25) is 0 Å². The Morgan fingerprint density at radius 1 is 1.11 bits per heavy atom. The third-order valence-corrected chi connectivity index (χ3v) is 3.04. The molecule has 2 atom stereocenters. The Morgan fingerprint density at radius 2 is 1.79 bits per heavy atom. The molecule has 2 unspecified atom stereocenters. The molecule has 0 amide bonds. The first-order valence-corrected chi connectivity index (χ1v) is 7.27. The first-order valence-electron chi connectivity index (χ1n) is 7.27. The van der Waals surface area contributed by atoms with Crippen LogP contribution in [-0.2, 0) is 4.74 Å². The van der Waals surface area contributed by atoms with E-state index in [1.807, 2.05) is 24.3 Å². The van der Waals surface area contributed by atoms with Gasteiger partial charge in [0.15, 0.2) is 0 Å². The Labute approximate surface area is 117 Å². The van der Waals surface area contributed by atoms with Gasteiger partial charge in [-0.2, -0.15) is 0 Å². The zero-order valence-electron chi connectivity index (χ0n) is 12.4. The molecule has 0 aliphatic rings. The van der Waals surface area contributed by atoms with E-state index in [1.54, 1.807) is 0 Å². The van der Waals surface area contributed by atoms with Gasteiger partial charge in [0, 0.05) is 0 Å². The highest BCUT2D eigenvalue weighted by atomic mass is 16.5. The second kappa shape index (κ2) is 8.94. The summed E-state index contributed by atoms with van der Waals surface area (Å²) in [6.07, 6.45) is 3.52. The normalized spacial score (nSPS) is 14.1. The van der Waals surface area contributed by atoms with Crippen molar-refractivity contribution in [3.8, 4) is 5.75 Å². The molecular formula is C16H27NO2. The minimum Gasteiger partial charge on any atom is -0.494 e.